The number of nitrogens with zero attached hydrogens (tertiary/aromatic N) is 1. The zero-order chi connectivity index (χ0) is 20.6. The van der Waals surface area contributed by atoms with Crippen LogP contribution in [0.15, 0.2) is 115 Å². The molecule has 4 aromatic carbocycles. The van der Waals surface area contributed by atoms with E-state index in [2.05, 4.69) is 109 Å². The van der Waals surface area contributed by atoms with Gasteiger partial charge in [-0.3, -0.25) is 0 Å². The predicted octanol–water partition coefficient (Wildman–Crippen LogP) is 7.45. The van der Waals surface area contributed by atoms with Crippen molar-refractivity contribution < 1.29 is 0 Å². The monoisotopic (exact) mass is 511 g/mol. The number of aromatic nitrogens is 1. The Balaban J connectivity index is 1.43. The molecule has 2 aromatic heterocycles. The van der Waals surface area contributed by atoms with Gasteiger partial charge < -0.3 is 0 Å². The van der Waals surface area contributed by atoms with Gasteiger partial charge in [-0.25, -0.2) is 0 Å². The summed E-state index contributed by atoms with van der Waals surface area (Å²) >= 11 is -0.390. The van der Waals surface area contributed by atoms with Gasteiger partial charge in [0.2, 0.25) is 0 Å². The molecule has 6 rings (SSSR count). The normalized spacial score (nSPS) is 11.2. The average molecular weight is 509 g/mol. The number of hydrogen-bond acceptors (Lipinski definition) is 1. The molecule has 0 aliphatic heterocycles. The molecule has 0 fully saturated rings. The van der Waals surface area contributed by atoms with Gasteiger partial charge in [0.15, 0.2) is 0 Å². The first-order chi connectivity index (χ1) is 15.4. The summed E-state index contributed by atoms with van der Waals surface area (Å²) in [5.41, 5.74) is 7.27. The van der Waals surface area contributed by atoms with Crippen LogP contribution in [0.25, 0.3) is 51.1 Å². The number of fused-ring (bicyclic) bond motifs is 3. The van der Waals surface area contributed by atoms with Gasteiger partial charge in [-0.05, 0) is 0 Å². The van der Waals surface area contributed by atoms with Crippen molar-refractivity contribution in [1.29, 1.82) is 0 Å². The van der Waals surface area contributed by atoms with E-state index in [1.54, 1.807) is 0 Å². The van der Waals surface area contributed by atoms with Crippen LogP contribution in [-0.4, -0.2) is 25.4 Å². The second-order valence-corrected chi connectivity index (χ2v) is 10.7. The Morgan fingerprint density at radius 1 is 0.516 bits per heavy atom. The first kappa shape index (κ1) is 18.6. The molecular weight excluding hydrogens is 490 g/mol. The standard InChI is InChI=1S/C29H19NTe/c1-2-7-20(8-3-1)21-13-15-22(16-14-21)23-17-18-30-27(19-23)26-11-6-10-25-24-9-4-5-12-28(24)31-29(25)26/h1-19H. The van der Waals surface area contributed by atoms with Gasteiger partial charge in [-0.15, -0.1) is 0 Å². The number of benzene rings is 4. The number of rotatable bonds is 3. The summed E-state index contributed by atoms with van der Waals surface area (Å²) in [6, 6.07) is 39.2. The molecule has 1 nitrogen and oxygen atoms in total. The van der Waals surface area contributed by atoms with Crippen molar-refractivity contribution in [2.45, 2.75) is 0 Å². The van der Waals surface area contributed by atoms with Crippen LogP contribution >= 0.6 is 0 Å². The molecule has 0 spiro atoms. The fraction of sp³-hybridized carbons (Fsp3) is 0. The van der Waals surface area contributed by atoms with E-state index in [-0.39, 0.29) is 20.4 Å². The number of pyridine rings is 1. The summed E-state index contributed by atoms with van der Waals surface area (Å²) in [7, 11) is 0. The molecule has 6 aromatic rings. The summed E-state index contributed by atoms with van der Waals surface area (Å²) in [6.07, 6.45) is 1.94. The van der Waals surface area contributed by atoms with E-state index in [0.717, 1.165) is 5.69 Å². The summed E-state index contributed by atoms with van der Waals surface area (Å²) in [5, 5.41) is 2.81. The maximum absolute atomic E-state index is 4.76. The third kappa shape index (κ3) is 3.39. The van der Waals surface area contributed by atoms with Gasteiger partial charge in [0.1, 0.15) is 0 Å². The molecule has 0 N–H and O–H groups in total. The zero-order valence-corrected chi connectivity index (χ0v) is 19.2. The van der Waals surface area contributed by atoms with Gasteiger partial charge >= 0.3 is 186 Å². The second-order valence-electron chi connectivity index (χ2n) is 7.65. The van der Waals surface area contributed by atoms with E-state index in [0.29, 0.717) is 0 Å². The van der Waals surface area contributed by atoms with Crippen molar-refractivity contribution in [2.24, 2.45) is 0 Å². The molecular formula is C29H19NTe. The van der Waals surface area contributed by atoms with Crippen LogP contribution in [0.1, 0.15) is 0 Å². The van der Waals surface area contributed by atoms with Crippen LogP contribution in [0.3, 0.4) is 0 Å². The first-order valence-corrected chi connectivity index (χ1v) is 12.7. The van der Waals surface area contributed by atoms with Crippen molar-refractivity contribution in [3.8, 4) is 33.5 Å². The van der Waals surface area contributed by atoms with E-state index >= 15 is 0 Å². The Labute approximate surface area is 191 Å². The van der Waals surface area contributed by atoms with E-state index in [9.17, 15) is 0 Å². The average Bonchev–Trinajstić information content (AvgIpc) is 3.24. The van der Waals surface area contributed by atoms with Crippen LogP contribution in [-0.2, 0) is 0 Å². The predicted molar refractivity (Wildman–Crippen MR) is 132 cm³/mol. The molecule has 31 heavy (non-hydrogen) atoms. The summed E-state index contributed by atoms with van der Waals surface area (Å²) in [4.78, 5) is 4.76. The fourth-order valence-electron chi connectivity index (χ4n) is 4.19. The molecule has 2 heteroatoms. The molecule has 2 heterocycles. The van der Waals surface area contributed by atoms with Crippen molar-refractivity contribution >= 4 is 38.0 Å². The summed E-state index contributed by atoms with van der Waals surface area (Å²) in [5.74, 6) is 0. The van der Waals surface area contributed by atoms with Crippen molar-refractivity contribution in [1.82, 2.24) is 4.98 Å². The maximum atomic E-state index is 4.76. The van der Waals surface area contributed by atoms with Crippen LogP contribution in [0.4, 0.5) is 0 Å². The Hall–Kier alpha value is -3.18. The molecule has 0 atom stereocenters. The minimum atomic E-state index is -0.390. The SMILES string of the molecule is c1ccc(-c2ccc(-c3ccnc(-c4cccc5c4[te]c4ccccc45)c3)cc2)cc1. The molecule has 0 aliphatic carbocycles. The van der Waals surface area contributed by atoms with E-state index in [1.165, 1.54) is 45.4 Å². The van der Waals surface area contributed by atoms with Gasteiger partial charge in [-0.2, -0.15) is 0 Å². The Kier molecular flexibility index (Phi) is 4.69. The van der Waals surface area contributed by atoms with Crippen LogP contribution < -0.4 is 0 Å². The summed E-state index contributed by atoms with van der Waals surface area (Å²) < 4.78 is 3.04. The van der Waals surface area contributed by atoms with E-state index < -0.39 is 0 Å². The van der Waals surface area contributed by atoms with Crippen LogP contribution in [0.5, 0.6) is 0 Å². The van der Waals surface area contributed by atoms with Crippen molar-refractivity contribution in [3.63, 3.8) is 0 Å². The second kappa shape index (κ2) is 7.82. The summed E-state index contributed by atoms with van der Waals surface area (Å²) in [6.45, 7) is 0. The van der Waals surface area contributed by atoms with E-state index in [4.69, 9.17) is 4.98 Å². The molecule has 0 unspecified atom stereocenters. The third-order valence-corrected chi connectivity index (χ3v) is 9.25. The van der Waals surface area contributed by atoms with Crippen LogP contribution in [0, 0.1) is 0 Å². The Morgan fingerprint density at radius 2 is 1.19 bits per heavy atom. The third-order valence-electron chi connectivity index (χ3n) is 5.77. The minimum absolute atomic E-state index is 0.390. The van der Waals surface area contributed by atoms with Crippen molar-refractivity contribution in [2.75, 3.05) is 0 Å². The van der Waals surface area contributed by atoms with E-state index in [1.807, 2.05) is 6.20 Å². The molecule has 0 bridgehead atoms. The fourth-order valence-corrected chi connectivity index (χ4v) is 7.69. The molecule has 0 saturated heterocycles. The molecule has 146 valence electrons. The first-order valence-electron chi connectivity index (χ1n) is 10.4. The van der Waals surface area contributed by atoms with Gasteiger partial charge in [0, 0.05) is 0 Å². The van der Waals surface area contributed by atoms with Crippen LogP contribution in [0.2, 0.25) is 0 Å². The van der Waals surface area contributed by atoms with Gasteiger partial charge in [-0.1, -0.05) is 6.07 Å². The zero-order valence-electron chi connectivity index (χ0n) is 16.8. The van der Waals surface area contributed by atoms with Gasteiger partial charge in [0.05, 0.1) is 0 Å². The van der Waals surface area contributed by atoms with Gasteiger partial charge in [0.25, 0.3) is 0 Å². The number of hydrogen-bond donors (Lipinski definition) is 0. The Morgan fingerprint density at radius 3 is 2.03 bits per heavy atom. The van der Waals surface area contributed by atoms with Crippen molar-refractivity contribution in [3.05, 3.63) is 115 Å². The Bertz CT molecular complexity index is 1510. The topological polar surface area (TPSA) is 12.9 Å². The molecule has 0 saturated carbocycles. The molecule has 0 amide bonds. The molecule has 0 radical (unpaired) electrons. The molecule has 0 aliphatic rings. The quantitative estimate of drug-likeness (QED) is 0.226.